The van der Waals surface area contributed by atoms with E-state index in [1.807, 2.05) is 12.1 Å². The first-order valence-corrected chi connectivity index (χ1v) is 6.58. The second-order valence-corrected chi connectivity index (χ2v) is 4.85. The van der Waals surface area contributed by atoms with E-state index in [9.17, 15) is 0 Å². The molecule has 0 saturated carbocycles. The van der Waals surface area contributed by atoms with Gasteiger partial charge in [0.1, 0.15) is 5.75 Å². The predicted octanol–water partition coefficient (Wildman–Crippen LogP) is 0.831. The zero-order valence-electron chi connectivity index (χ0n) is 12.4. The highest BCUT2D eigenvalue weighted by Crippen LogP contribution is 2.19. The first-order chi connectivity index (χ1) is 9.58. The number of hydrogen-bond donors (Lipinski definition) is 3. The Labute approximate surface area is 120 Å². The maximum atomic E-state index is 8.72. The maximum absolute atomic E-state index is 8.72. The molecule has 0 atom stereocenters. The second kappa shape index (κ2) is 8.39. The van der Waals surface area contributed by atoms with Gasteiger partial charge in [0.25, 0.3) is 0 Å². The molecular formula is C14H24N4O2. The lowest BCUT2D eigenvalue weighted by Crippen LogP contribution is -2.21. The zero-order valence-corrected chi connectivity index (χ0v) is 12.4. The third-order valence-corrected chi connectivity index (χ3v) is 2.96. The molecule has 0 radical (unpaired) electrons. The number of methoxy groups -OCH3 is 1. The Morgan fingerprint density at radius 1 is 1.45 bits per heavy atom. The summed E-state index contributed by atoms with van der Waals surface area (Å²) in [5, 5.41) is 15.1. The molecule has 0 aliphatic heterocycles. The van der Waals surface area contributed by atoms with Gasteiger partial charge in [0.2, 0.25) is 0 Å². The van der Waals surface area contributed by atoms with E-state index in [4.69, 9.17) is 15.7 Å². The van der Waals surface area contributed by atoms with E-state index in [1.165, 1.54) is 0 Å². The minimum atomic E-state index is 0.0986. The Morgan fingerprint density at radius 3 is 2.80 bits per heavy atom. The summed E-state index contributed by atoms with van der Waals surface area (Å²) in [6, 6.07) is 5.46. The van der Waals surface area contributed by atoms with Crippen LogP contribution in [-0.2, 0) is 6.54 Å². The molecule has 6 heteroatoms. The van der Waals surface area contributed by atoms with Gasteiger partial charge in [-0.1, -0.05) is 5.16 Å². The van der Waals surface area contributed by atoms with Crippen LogP contribution >= 0.6 is 0 Å². The molecule has 1 aromatic carbocycles. The van der Waals surface area contributed by atoms with Crippen LogP contribution in [0.15, 0.2) is 23.4 Å². The molecule has 6 nitrogen and oxygen atoms in total. The van der Waals surface area contributed by atoms with E-state index in [2.05, 4.69) is 29.5 Å². The number of hydrogen-bond acceptors (Lipinski definition) is 5. The standard InChI is InChI=1S/C14H24N4O2/c1-18(2)8-4-7-16-10-12-9-11(14(15)17-19)5-6-13(12)20-3/h5-6,9,16,19H,4,7-8,10H2,1-3H3,(H2,15,17). The highest BCUT2D eigenvalue weighted by molar-refractivity contribution is 5.97. The van der Waals surface area contributed by atoms with E-state index in [1.54, 1.807) is 13.2 Å². The summed E-state index contributed by atoms with van der Waals surface area (Å²) in [4.78, 5) is 2.15. The van der Waals surface area contributed by atoms with Crippen molar-refractivity contribution in [2.75, 3.05) is 34.3 Å². The number of nitrogens with zero attached hydrogens (tertiary/aromatic N) is 2. The monoisotopic (exact) mass is 280 g/mol. The SMILES string of the molecule is COc1ccc(/C(N)=N/O)cc1CNCCCN(C)C. The average molecular weight is 280 g/mol. The van der Waals surface area contributed by atoms with Crippen molar-refractivity contribution in [2.24, 2.45) is 10.9 Å². The third kappa shape index (κ3) is 5.07. The number of amidine groups is 1. The molecule has 4 N–H and O–H groups in total. The summed E-state index contributed by atoms with van der Waals surface area (Å²) in [5.41, 5.74) is 7.26. The van der Waals surface area contributed by atoms with Crippen LogP contribution in [0, 0.1) is 0 Å². The summed E-state index contributed by atoms with van der Waals surface area (Å²) in [6.07, 6.45) is 1.08. The van der Waals surface area contributed by atoms with Crippen molar-refractivity contribution < 1.29 is 9.94 Å². The van der Waals surface area contributed by atoms with Gasteiger partial charge in [0.15, 0.2) is 5.84 Å². The molecule has 112 valence electrons. The summed E-state index contributed by atoms with van der Waals surface area (Å²) >= 11 is 0. The lowest BCUT2D eigenvalue weighted by atomic mass is 10.1. The fourth-order valence-corrected chi connectivity index (χ4v) is 1.88. The number of rotatable bonds is 8. The van der Waals surface area contributed by atoms with Crippen LogP contribution in [0.2, 0.25) is 0 Å². The first kappa shape index (κ1) is 16.3. The van der Waals surface area contributed by atoms with Crippen LogP contribution in [0.3, 0.4) is 0 Å². The average Bonchev–Trinajstić information content (AvgIpc) is 2.45. The Hall–Kier alpha value is -1.79. The number of ether oxygens (including phenoxy) is 1. The fraction of sp³-hybridized carbons (Fsp3) is 0.500. The largest absolute Gasteiger partial charge is 0.496 e. The lowest BCUT2D eigenvalue weighted by molar-refractivity contribution is 0.318. The second-order valence-electron chi connectivity index (χ2n) is 4.85. The van der Waals surface area contributed by atoms with Crippen LogP contribution in [0.25, 0.3) is 0 Å². The van der Waals surface area contributed by atoms with Crippen molar-refractivity contribution >= 4 is 5.84 Å². The number of oxime groups is 1. The van der Waals surface area contributed by atoms with E-state index in [-0.39, 0.29) is 5.84 Å². The molecule has 1 aromatic rings. The van der Waals surface area contributed by atoms with Crippen molar-refractivity contribution in [3.05, 3.63) is 29.3 Å². The van der Waals surface area contributed by atoms with E-state index in [0.29, 0.717) is 12.1 Å². The summed E-state index contributed by atoms with van der Waals surface area (Å²) in [6.45, 7) is 2.66. The fourth-order valence-electron chi connectivity index (χ4n) is 1.88. The van der Waals surface area contributed by atoms with Gasteiger partial charge in [0.05, 0.1) is 7.11 Å². The van der Waals surface area contributed by atoms with Gasteiger partial charge in [-0.3, -0.25) is 0 Å². The molecule has 0 amide bonds. The predicted molar refractivity (Wildman–Crippen MR) is 80.4 cm³/mol. The van der Waals surface area contributed by atoms with Gasteiger partial charge in [-0.25, -0.2) is 0 Å². The molecule has 0 aliphatic rings. The summed E-state index contributed by atoms with van der Waals surface area (Å²) < 4.78 is 5.32. The van der Waals surface area contributed by atoms with E-state index >= 15 is 0 Å². The zero-order chi connectivity index (χ0) is 15.0. The summed E-state index contributed by atoms with van der Waals surface area (Å²) in [7, 11) is 5.75. The van der Waals surface area contributed by atoms with Crippen molar-refractivity contribution in [1.82, 2.24) is 10.2 Å². The molecular weight excluding hydrogens is 256 g/mol. The molecule has 0 heterocycles. The first-order valence-electron chi connectivity index (χ1n) is 6.58. The highest BCUT2D eigenvalue weighted by atomic mass is 16.5. The van der Waals surface area contributed by atoms with Crippen molar-refractivity contribution in [3.8, 4) is 5.75 Å². The smallest absolute Gasteiger partial charge is 0.170 e. The maximum Gasteiger partial charge on any atom is 0.170 e. The number of nitrogens with two attached hydrogens (primary N) is 1. The van der Waals surface area contributed by atoms with Crippen LogP contribution in [-0.4, -0.2) is 50.2 Å². The molecule has 0 fully saturated rings. The van der Waals surface area contributed by atoms with Gasteiger partial charge < -0.3 is 25.9 Å². The van der Waals surface area contributed by atoms with Crippen molar-refractivity contribution in [3.63, 3.8) is 0 Å². The Morgan fingerprint density at radius 2 is 2.20 bits per heavy atom. The highest BCUT2D eigenvalue weighted by Gasteiger charge is 2.07. The van der Waals surface area contributed by atoms with Crippen molar-refractivity contribution in [2.45, 2.75) is 13.0 Å². The molecule has 0 aromatic heterocycles. The molecule has 0 saturated heterocycles. The third-order valence-electron chi connectivity index (χ3n) is 2.96. The number of nitrogens with one attached hydrogen (secondary N) is 1. The molecule has 1 rings (SSSR count). The minimum absolute atomic E-state index is 0.0986. The molecule has 0 unspecified atom stereocenters. The van der Waals surface area contributed by atoms with Crippen LogP contribution in [0.5, 0.6) is 5.75 Å². The van der Waals surface area contributed by atoms with Gasteiger partial charge in [-0.05, 0) is 51.8 Å². The molecule has 20 heavy (non-hydrogen) atoms. The Kier molecular flexibility index (Phi) is 6.83. The van der Waals surface area contributed by atoms with Crippen LogP contribution in [0.1, 0.15) is 17.5 Å². The molecule has 0 bridgehead atoms. The quantitative estimate of drug-likeness (QED) is 0.216. The van der Waals surface area contributed by atoms with Crippen LogP contribution < -0.4 is 15.8 Å². The van der Waals surface area contributed by atoms with Gasteiger partial charge in [0, 0.05) is 17.7 Å². The Balaban J connectivity index is 2.62. The normalized spacial score (nSPS) is 11.9. The number of benzene rings is 1. The van der Waals surface area contributed by atoms with Gasteiger partial charge in [-0.2, -0.15) is 0 Å². The molecule has 0 aliphatic carbocycles. The van der Waals surface area contributed by atoms with Gasteiger partial charge >= 0.3 is 0 Å². The molecule has 0 spiro atoms. The Bertz CT molecular complexity index is 447. The van der Waals surface area contributed by atoms with E-state index in [0.717, 1.165) is 30.8 Å². The van der Waals surface area contributed by atoms with Crippen LogP contribution in [0.4, 0.5) is 0 Å². The van der Waals surface area contributed by atoms with Gasteiger partial charge in [-0.15, -0.1) is 0 Å². The van der Waals surface area contributed by atoms with Crippen molar-refractivity contribution in [1.29, 1.82) is 0 Å². The topological polar surface area (TPSA) is 83.1 Å². The lowest BCUT2D eigenvalue weighted by Gasteiger charge is -2.12. The minimum Gasteiger partial charge on any atom is -0.496 e. The van der Waals surface area contributed by atoms with E-state index < -0.39 is 0 Å². The summed E-state index contributed by atoms with van der Waals surface area (Å²) in [5.74, 6) is 0.890.